The topological polar surface area (TPSA) is 0 Å². The number of rotatable bonds is 1. The molecule has 0 spiro atoms. The Balaban J connectivity index is 2.62. The average molecular weight is 173 g/mol. The van der Waals surface area contributed by atoms with Gasteiger partial charge >= 0.3 is 0 Å². The van der Waals surface area contributed by atoms with Gasteiger partial charge in [-0.2, -0.15) is 0 Å². The summed E-state index contributed by atoms with van der Waals surface area (Å²) in [4.78, 5) is 1.27. The molecule has 0 aliphatic carbocycles. The molecule has 0 amide bonds. The largest absolute Gasteiger partial charge is 0.136 e. The van der Waals surface area contributed by atoms with Gasteiger partial charge in [-0.25, -0.2) is 0 Å². The number of allylic oxidation sites excluding steroid dienone is 1. The Bertz CT molecular complexity index is 377. The van der Waals surface area contributed by atoms with E-state index >= 15 is 0 Å². The minimum atomic E-state index is 1.27. The van der Waals surface area contributed by atoms with Gasteiger partial charge < -0.3 is 0 Å². The molecule has 12 heavy (non-hydrogen) atoms. The van der Waals surface area contributed by atoms with Crippen LogP contribution in [0.25, 0.3) is 16.2 Å². The van der Waals surface area contributed by atoms with Crippen LogP contribution in [-0.4, -0.2) is 0 Å². The van der Waals surface area contributed by atoms with Gasteiger partial charge in [-0.15, -0.1) is 11.3 Å². The summed E-state index contributed by atoms with van der Waals surface area (Å²) < 4.78 is 1.34. The van der Waals surface area contributed by atoms with E-state index in [1.807, 2.05) is 12.2 Å². The second-order valence-electron chi connectivity index (χ2n) is 2.59. The molecule has 0 aliphatic rings. The molecular formula is C11H9S. The van der Waals surface area contributed by atoms with Gasteiger partial charge in [0.1, 0.15) is 0 Å². The fraction of sp³-hybridized carbons (Fsp3) is 0. The van der Waals surface area contributed by atoms with E-state index in [9.17, 15) is 0 Å². The van der Waals surface area contributed by atoms with Gasteiger partial charge in [0, 0.05) is 9.58 Å². The van der Waals surface area contributed by atoms with Crippen molar-refractivity contribution in [3.63, 3.8) is 0 Å². The highest BCUT2D eigenvalue weighted by atomic mass is 32.1. The van der Waals surface area contributed by atoms with Gasteiger partial charge in [0.05, 0.1) is 0 Å². The van der Waals surface area contributed by atoms with E-state index in [1.165, 1.54) is 15.0 Å². The standard InChI is InChI=1S/C11H9S/c1-2-5-10-8-9-6-3-4-7-11(9)12-10/h2-8H,1H2/b5-2+. The zero-order valence-electron chi connectivity index (χ0n) is 6.66. The normalized spacial score (nSPS) is 11.4. The first-order valence-electron chi connectivity index (χ1n) is 3.84. The van der Waals surface area contributed by atoms with Gasteiger partial charge in [0.15, 0.2) is 0 Å². The second-order valence-corrected chi connectivity index (χ2v) is 3.70. The Morgan fingerprint density at radius 2 is 2.08 bits per heavy atom. The van der Waals surface area contributed by atoms with Crippen molar-refractivity contribution in [2.75, 3.05) is 0 Å². The minimum Gasteiger partial charge on any atom is -0.136 e. The molecule has 59 valence electrons. The first-order chi connectivity index (χ1) is 5.90. The summed E-state index contributed by atoms with van der Waals surface area (Å²) in [5, 5.41) is 1.32. The van der Waals surface area contributed by atoms with E-state index in [1.54, 1.807) is 11.3 Å². The summed E-state index contributed by atoms with van der Waals surface area (Å²) in [6.45, 7) is 3.68. The molecule has 2 aromatic rings. The lowest BCUT2D eigenvalue weighted by molar-refractivity contribution is 1.85. The van der Waals surface area contributed by atoms with Crippen molar-refractivity contribution in [1.29, 1.82) is 0 Å². The molecule has 0 N–H and O–H groups in total. The molecule has 1 heteroatoms. The second kappa shape index (κ2) is 3.11. The summed E-state index contributed by atoms with van der Waals surface area (Å²) in [6, 6.07) is 10.6. The Labute approximate surface area is 76.2 Å². The van der Waals surface area contributed by atoms with Crippen molar-refractivity contribution in [2.24, 2.45) is 0 Å². The highest BCUT2D eigenvalue weighted by Crippen LogP contribution is 2.25. The first-order valence-corrected chi connectivity index (χ1v) is 4.66. The van der Waals surface area contributed by atoms with Crippen molar-refractivity contribution >= 4 is 27.5 Å². The molecule has 0 saturated carbocycles. The predicted octanol–water partition coefficient (Wildman–Crippen LogP) is 3.75. The van der Waals surface area contributed by atoms with Crippen molar-refractivity contribution in [1.82, 2.24) is 0 Å². The van der Waals surface area contributed by atoms with Crippen LogP contribution in [0.1, 0.15) is 4.88 Å². The monoisotopic (exact) mass is 173 g/mol. The summed E-state index contributed by atoms with van der Waals surface area (Å²) in [5.74, 6) is 0. The zero-order chi connectivity index (χ0) is 8.39. The fourth-order valence-corrected chi connectivity index (χ4v) is 2.20. The fourth-order valence-electron chi connectivity index (χ4n) is 1.20. The molecule has 0 nitrogen and oxygen atoms in total. The summed E-state index contributed by atoms with van der Waals surface area (Å²) >= 11 is 1.80. The van der Waals surface area contributed by atoms with Crippen LogP contribution in [0.3, 0.4) is 0 Å². The zero-order valence-corrected chi connectivity index (χ0v) is 7.47. The number of hydrogen-bond donors (Lipinski definition) is 0. The number of benzene rings is 1. The minimum absolute atomic E-state index is 1.27. The average Bonchev–Trinajstić information content (AvgIpc) is 2.47. The Morgan fingerprint density at radius 3 is 2.83 bits per heavy atom. The van der Waals surface area contributed by atoms with Crippen molar-refractivity contribution in [2.45, 2.75) is 0 Å². The van der Waals surface area contributed by atoms with Crippen LogP contribution in [0.5, 0.6) is 0 Å². The maximum atomic E-state index is 3.68. The summed E-state index contributed by atoms with van der Waals surface area (Å²) in [6.07, 6.45) is 3.86. The molecule has 2 rings (SSSR count). The Morgan fingerprint density at radius 1 is 1.25 bits per heavy atom. The molecule has 1 heterocycles. The molecule has 1 aromatic heterocycles. The molecule has 1 aromatic carbocycles. The quantitative estimate of drug-likeness (QED) is 0.616. The lowest BCUT2D eigenvalue weighted by atomic mass is 10.2. The molecule has 1 radical (unpaired) electrons. The maximum absolute atomic E-state index is 3.68. The first kappa shape index (κ1) is 7.56. The smallest absolute Gasteiger partial charge is 0.0349 e. The van der Waals surface area contributed by atoms with E-state index in [0.717, 1.165) is 0 Å². The number of hydrogen-bond acceptors (Lipinski definition) is 1. The molecule has 0 bridgehead atoms. The third-order valence-corrected chi connectivity index (χ3v) is 2.81. The van der Waals surface area contributed by atoms with Gasteiger partial charge in [-0.1, -0.05) is 24.3 Å². The molecule has 0 fully saturated rings. The maximum Gasteiger partial charge on any atom is 0.0349 e. The van der Waals surface area contributed by atoms with Gasteiger partial charge in [-0.05, 0) is 30.5 Å². The summed E-state index contributed by atoms with van der Waals surface area (Å²) in [5.41, 5.74) is 0. The highest BCUT2D eigenvalue weighted by Gasteiger charge is 1.95. The highest BCUT2D eigenvalue weighted by molar-refractivity contribution is 7.19. The molecule has 0 unspecified atom stereocenters. The van der Waals surface area contributed by atoms with E-state index in [-0.39, 0.29) is 0 Å². The number of thiophene rings is 1. The van der Waals surface area contributed by atoms with E-state index in [4.69, 9.17) is 0 Å². The molecule has 0 saturated heterocycles. The van der Waals surface area contributed by atoms with Crippen LogP contribution < -0.4 is 0 Å². The van der Waals surface area contributed by atoms with Crippen LogP contribution in [0, 0.1) is 6.92 Å². The van der Waals surface area contributed by atoms with Crippen molar-refractivity contribution in [3.05, 3.63) is 48.2 Å². The molecule has 0 aliphatic heterocycles. The van der Waals surface area contributed by atoms with Crippen LogP contribution in [0.2, 0.25) is 0 Å². The Kier molecular flexibility index (Phi) is 1.96. The van der Waals surface area contributed by atoms with Crippen molar-refractivity contribution < 1.29 is 0 Å². The van der Waals surface area contributed by atoms with E-state index in [0.29, 0.717) is 0 Å². The SMILES string of the molecule is [CH2]/C=C/c1cc2ccccc2s1. The van der Waals surface area contributed by atoms with Crippen molar-refractivity contribution in [3.8, 4) is 0 Å². The van der Waals surface area contributed by atoms with Crippen LogP contribution in [0.4, 0.5) is 0 Å². The van der Waals surface area contributed by atoms with Gasteiger partial charge in [-0.3, -0.25) is 0 Å². The lowest BCUT2D eigenvalue weighted by Gasteiger charge is -1.82. The van der Waals surface area contributed by atoms with Gasteiger partial charge in [0.25, 0.3) is 0 Å². The number of fused-ring (bicyclic) bond motifs is 1. The lowest BCUT2D eigenvalue weighted by Crippen LogP contribution is -1.57. The third kappa shape index (κ3) is 1.28. The summed E-state index contributed by atoms with van der Waals surface area (Å²) in [7, 11) is 0. The third-order valence-electron chi connectivity index (χ3n) is 1.73. The predicted molar refractivity (Wildman–Crippen MR) is 56.2 cm³/mol. The molecular weight excluding hydrogens is 164 g/mol. The van der Waals surface area contributed by atoms with E-state index < -0.39 is 0 Å². The van der Waals surface area contributed by atoms with Crippen LogP contribution in [0.15, 0.2) is 36.4 Å². The van der Waals surface area contributed by atoms with E-state index in [2.05, 4.69) is 37.3 Å². The molecule has 0 atom stereocenters. The Hall–Kier alpha value is -1.08. The van der Waals surface area contributed by atoms with Crippen LogP contribution >= 0.6 is 11.3 Å². The van der Waals surface area contributed by atoms with Gasteiger partial charge in [0.2, 0.25) is 0 Å². The van der Waals surface area contributed by atoms with Crippen LogP contribution in [-0.2, 0) is 0 Å².